The largest absolute Gasteiger partial charge is 0.416 e. The number of piperidine rings is 1. The lowest BCUT2D eigenvalue weighted by atomic mass is 10.1. The van der Waals surface area contributed by atoms with Crippen LogP contribution in [0.15, 0.2) is 24.3 Å². The molecule has 3 nitrogen and oxygen atoms in total. The molecule has 1 aliphatic rings. The fourth-order valence-corrected chi connectivity index (χ4v) is 2.99. The van der Waals surface area contributed by atoms with Crippen LogP contribution in [0.1, 0.15) is 49.2 Å². The summed E-state index contributed by atoms with van der Waals surface area (Å²) in [5.74, 6) is -0.105. The van der Waals surface area contributed by atoms with E-state index in [4.69, 9.17) is 0 Å². The van der Waals surface area contributed by atoms with E-state index in [1.54, 1.807) is 22.6 Å². The van der Waals surface area contributed by atoms with E-state index in [1.807, 2.05) is 13.8 Å². The second-order valence-corrected chi connectivity index (χ2v) is 5.71. The predicted octanol–water partition coefficient (Wildman–Crippen LogP) is 4.85. The first-order valence-corrected chi connectivity index (χ1v) is 8.34. The van der Waals surface area contributed by atoms with Gasteiger partial charge < -0.3 is 9.47 Å². The number of likely N-dealkylation sites (tertiary alicyclic amines) is 1. The van der Waals surface area contributed by atoms with Crippen LogP contribution in [-0.4, -0.2) is 28.5 Å². The molecule has 1 fully saturated rings. The van der Waals surface area contributed by atoms with E-state index < -0.39 is 11.7 Å². The molecule has 1 aliphatic heterocycles. The van der Waals surface area contributed by atoms with Gasteiger partial charge >= 0.3 is 6.18 Å². The number of benzene rings is 1. The minimum absolute atomic E-state index is 0.105. The molecule has 132 valence electrons. The van der Waals surface area contributed by atoms with Gasteiger partial charge in [-0.3, -0.25) is 4.79 Å². The Kier molecular flexibility index (Phi) is 5.57. The number of amides is 1. The fraction of sp³-hybridized carbons (Fsp3) is 0.500. The first-order chi connectivity index (χ1) is 11.4. The van der Waals surface area contributed by atoms with Gasteiger partial charge in [0.05, 0.1) is 5.56 Å². The van der Waals surface area contributed by atoms with Crippen molar-refractivity contribution in [3.8, 4) is 0 Å². The summed E-state index contributed by atoms with van der Waals surface area (Å²) in [5.41, 5.74) is 0.382. The number of hydrogen-bond acceptors (Lipinski definition) is 1. The Morgan fingerprint density at radius 3 is 2.25 bits per heavy atom. The molecule has 1 aromatic carbocycles. The van der Waals surface area contributed by atoms with Crippen LogP contribution in [0, 0.1) is 0 Å². The molecule has 0 saturated carbocycles. The summed E-state index contributed by atoms with van der Waals surface area (Å²) >= 11 is 0. The van der Waals surface area contributed by atoms with Crippen LogP contribution >= 0.6 is 0 Å². The summed E-state index contributed by atoms with van der Waals surface area (Å²) in [6, 6.07) is 5.13. The maximum Gasteiger partial charge on any atom is 0.416 e. The van der Waals surface area contributed by atoms with Gasteiger partial charge in [-0.05, 0) is 43.5 Å². The molecule has 0 unspecified atom stereocenters. The smallest absolute Gasteiger partial charge is 0.340 e. The predicted molar refractivity (Wildman–Crippen MR) is 89.0 cm³/mol. The molecule has 1 saturated heterocycles. The Labute approximate surface area is 140 Å². The zero-order valence-corrected chi connectivity index (χ0v) is 14.3. The number of fused-ring (bicyclic) bond motifs is 1. The number of alkyl halides is 3. The molecule has 0 bridgehead atoms. The molecular weight excluding hydrogens is 317 g/mol. The Morgan fingerprint density at radius 1 is 1.04 bits per heavy atom. The molecule has 0 atom stereocenters. The van der Waals surface area contributed by atoms with Gasteiger partial charge in [-0.1, -0.05) is 13.8 Å². The third-order valence-electron chi connectivity index (χ3n) is 4.23. The van der Waals surface area contributed by atoms with Gasteiger partial charge in [0, 0.05) is 31.0 Å². The standard InChI is InChI=1S/C16H17F3N2O.C2H6/c1-20-13-6-5-12(16(17,18)19)9-11(13)10-14(20)15(22)21-7-3-2-4-8-21;1-2/h5-6,9-10H,2-4,7-8H2,1H3;1-2H3. The number of rotatable bonds is 1. The maximum atomic E-state index is 12.8. The van der Waals surface area contributed by atoms with E-state index in [9.17, 15) is 18.0 Å². The van der Waals surface area contributed by atoms with E-state index in [2.05, 4.69) is 0 Å². The summed E-state index contributed by atoms with van der Waals surface area (Å²) in [6.07, 6.45) is -1.29. The number of aromatic nitrogens is 1. The van der Waals surface area contributed by atoms with E-state index >= 15 is 0 Å². The van der Waals surface area contributed by atoms with Crippen molar-refractivity contribution >= 4 is 16.8 Å². The number of carbonyl (C=O) groups is 1. The summed E-state index contributed by atoms with van der Waals surface area (Å²) in [7, 11) is 1.72. The lowest BCUT2D eigenvalue weighted by Crippen LogP contribution is -2.36. The van der Waals surface area contributed by atoms with Crippen molar-refractivity contribution in [2.24, 2.45) is 7.05 Å². The van der Waals surface area contributed by atoms with Crippen molar-refractivity contribution < 1.29 is 18.0 Å². The van der Waals surface area contributed by atoms with Crippen LogP contribution in [-0.2, 0) is 13.2 Å². The average Bonchev–Trinajstić information content (AvgIpc) is 2.92. The quantitative estimate of drug-likeness (QED) is 0.728. The highest BCUT2D eigenvalue weighted by Gasteiger charge is 2.31. The number of halogens is 3. The van der Waals surface area contributed by atoms with Gasteiger partial charge in [-0.25, -0.2) is 0 Å². The van der Waals surface area contributed by atoms with Crippen LogP contribution in [0.5, 0.6) is 0 Å². The topological polar surface area (TPSA) is 25.2 Å². The SMILES string of the molecule is CC.Cn1c(C(=O)N2CCCCC2)cc2cc(C(F)(F)F)ccc21. The molecule has 0 spiro atoms. The fourth-order valence-electron chi connectivity index (χ4n) is 2.99. The molecule has 0 aliphatic carbocycles. The highest BCUT2D eigenvalue weighted by molar-refractivity contribution is 5.99. The van der Waals surface area contributed by atoms with Crippen LogP contribution < -0.4 is 0 Å². The average molecular weight is 340 g/mol. The summed E-state index contributed by atoms with van der Waals surface area (Å²) in [5, 5.41) is 0.442. The second-order valence-electron chi connectivity index (χ2n) is 5.71. The monoisotopic (exact) mass is 340 g/mol. The van der Waals surface area contributed by atoms with E-state index in [-0.39, 0.29) is 5.91 Å². The van der Waals surface area contributed by atoms with Gasteiger partial charge in [-0.2, -0.15) is 13.2 Å². The van der Waals surface area contributed by atoms with Crippen molar-refractivity contribution in [1.29, 1.82) is 0 Å². The van der Waals surface area contributed by atoms with E-state index in [0.717, 1.165) is 31.4 Å². The minimum atomic E-state index is -4.37. The van der Waals surface area contributed by atoms with Crippen molar-refractivity contribution in [3.63, 3.8) is 0 Å². The third-order valence-corrected chi connectivity index (χ3v) is 4.23. The highest BCUT2D eigenvalue weighted by Crippen LogP contribution is 2.32. The summed E-state index contributed by atoms with van der Waals surface area (Å²) < 4.78 is 40.0. The Balaban J connectivity index is 0.00000100. The molecular formula is C18H23F3N2O. The molecule has 0 N–H and O–H groups in total. The molecule has 3 rings (SSSR count). The van der Waals surface area contributed by atoms with Gasteiger partial charge in [0.15, 0.2) is 0 Å². The first-order valence-electron chi connectivity index (χ1n) is 8.34. The minimum Gasteiger partial charge on any atom is -0.340 e. The molecule has 6 heteroatoms. The Hall–Kier alpha value is -1.98. The maximum absolute atomic E-state index is 12.8. The van der Waals surface area contributed by atoms with Crippen molar-refractivity contribution in [2.45, 2.75) is 39.3 Å². The number of aryl methyl sites for hydroxylation is 1. The van der Waals surface area contributed by atoms with Crippen molar-refractivity contribution in [3.05, 3.63) is 35.5 Å². The van der Waals surface area contributed by atoms with Crippen LogP contribution in [0.25, 0.3) is 10.9 Å². The third kappa shape index (κ3) is 3.57. The molecule has 2 aromatic rings. The molecule has 1 aromatic heterocycles. The lowest BCUT2D eigenvalue weighted by molar-refractivity contribution is -0.137. The molecule has 0 radical (unpaired) electrons. The van der Waals surface area contributed by atoms with Gasteiger partial charge in [0.1, 0.15) is 5.69 Å². The molecule has 2 heterocycles. The summed E-state index contributed by atoms with van der Waals surface area (Å²) in [4.78, 5) is 14.3. The zero-order chi connectivity index (χ0) is 17.9. The molecule has 24 heavy (non-hydrogen) atoms. The number of hydrogen-bond donors (Lipinski definition) is 0. The van der Waals surface area contributed by atoms with Crippen LogP contribution in [0.2, 0.25) is 0 Å². The zero-order valence-electron chi connectivity index (χ0n) is 14.3. The highest BCUT2D eigenvalue weighted by atomic mass is 19.4. The van der Waals surface area contributed by atoms with Gasteiger partial charge in [0.2, 0.25) is 0 Å². The Bertz CT molecular complexity index is 713. The lowest BCUT2D eigenvalue weighted by Gasteiger charge is -2.26. The van der Waals surface area contributed by atoms with Gasteiger partial charge in [0.25, 0.3) is 5.91 Å². The number of carbonyl (C=O) groups excluding carboxylic acids is 1. The number of nitrogens with zero attached hydrogens (tertiary/aromatic N) is 2. The van der Waals surface area contributed by atoms with Crippen molar-refractivity contribution in [1.82, 2.24) is 9.47 Å². The van der Waals surface area contributed by atoms with Gasteiger partial charge in [-0.15, -0.1) is 0 Å². The normalized spacial score (nSPS) is 15.2. The van der Waals surface area contributed by atoms with E-state index in [1.165, 1.54) is 6.07 Å². The van der Waals surface area contributed by atoms with Crippen molar-refractivity contribution in [2.75, 3.05) is 13.1 Å². The van der Waals surface area contributed by atoms with Crippen LogP contribution in [0.4, 0.5) is 13.2 Å². The molecule has 1 amide bonds. The van der Waals surface area contributed by atoms with E-state index in [0.29, 0.717) is 29.7 Å². The Morgan fingerprint density at radius 2 is 1.67 bits per heavy atom. The van der Waals surface area contributed by atoms with Crippen LogP contribution in [0.3, 0.4) is 0 Å². The summed E-state index contributed by atoms with van der Waals surface area (Å²) in [6.45, 7) is 5.43. The first kappa shape index (κ1) is 18.4. The second kappa shape index (κ2) is 7.28.